The summed E-state index contributed by atoms with van der Waals surface area (Å²) >= 11 is 0. The number of aliphatic hydroxyl groups is 2. The predicted molar refractivity (Wildman–Crippen MR) is 106 cm³/mol. The average Bonchev–Trinajstić information content (AvgIpc) is 2.88. The Morgan fingerprint density at radius 1 is 1.19 bits per heavy atom. The van der Waals surface area contributed by atoms with Crippen molar-refractivity contribution in [3.05, 3.63) is 48.6 Å². The molecule has 5 heteroatoms. The van der Waals surface area contributed by atoms with Gasteiger partial charge in [0, 0.05) is 24.7 Å². The molecule has 1 aliphatic carbocycles. The van der Waals surface area contributed by atoms with Gasteiger partial charge >= 0.3 is 5.97 Å². The third kappa shape index (κ3) is 9.50. The smallest absolute Gasteiger partial charge is 0.303 e. The van der Waals surface area contributed by atoms with Gasteiger partial charge in [0.25, 0.3) is 0 Å². The molecule has 1 aliphatic rings. The van der Waals surface area contributed by atoms with Gasteiger partial charge in [-0.25, -0.2) is 0 Å². The van der Waals surface area contributed by atoms with Gasteiger partial charge in [0.2, 0.25) is 0 Å². The molecule has 0 spiro atoms. The number of allylic oxidation sites excluding steroid dienone is 5. The van der Waals surface area contributed by atoms with E-state index in [1.165, 1.54) is 0 Å². The zero-order valence-corrected chi connectivity index (χ0v) is 16.0. The number of Topliss-reactive ketones (excluding diaryl/α,β-unsaturated/α-hetero) is 1. The third-order valence-corrected chi connectivity index (χ3v) is 4.59. The van der Waals surface area contributed by atoms with E-state index >= 15 is 0 Å². The molecule has 0 aromatic heterocycles. The van der Waals surface area contributed by atoms with E-state index < -0.39 is 18.2 Å². The molecule has 5 nitrogen and oxygen atoms in total. The Hall–Kier alpha value is -1.98. The van der Waals surface area contributed by atoms with Crippen LogP contribution in [0.1, 0.15) is 51.9 Å². The SMILES string of the molecule is CC/C=C\C[C@H]1C(=O)C[C@@H](O)[C@@H]1/C=C/[C@@H](O)C/C=C\C/C=C\CCC(=O)O. The molecule has 0 aromatic rings. The first-order valence-electron chi connectivity index (χ1n) is 9.69. The number of aliphatic carboxylic acids is 1. The fourth-order valence-corrected chi connectivity index (χ4v) is 3.10. The van der Waals surface area contributed by atoms with Crippen molar-refractivity contribution in [1.82, 2.24) is 0 Å². The maximum absolute atomic E-state index is 12.0. The van der Waals surface area contributed by atoms with Crippen molar-refractivity contribution in [3.63, 3.8) is 0 Å². The molecule has 0 aliphatic heterocycles. The van der Waals surface area contributed by atoms with Crippen LogP contribution < -0.4 is 0 Å². The van der Waals surface area contributed by atoms with Gasteiger partial charge < -0.3 is 15.3 Å². The summed E-state index contributed by atoms with van der Waals surface area (Å²) < 4.78 is 0. The minimum atomic E-state index is -0.803. The standard InChI is InChI=1S/C22H32O5/c1-2-3-8-12-18-19(21(25)16-20(18)24)15-14-17(23)11-9-6-4-5-7-10-13-22(26)27/h3,5-9,14-15,17-19,21,23,25H,2,4,10-13,16H2,1H3,(H,26,27)/b7-5-,8-3-,9-6-,15-14+/t17-,18+,19+,21+/m0/s1. The Kier molecular flexibility index (Phi) is 11.3. The van der Waals surface area contributed by atoms with E-state index in [2.05, 4.69) is 0 Å². The van der Waals surface area contributed by atoms with Gasteiger partial charge in [0.05, 0.1) is 12.2 Å². The Labute approximate surface area is 161 Å². The van der Waals surface area contributed by atoms with Crippen LogP contribution in [0.4, 0.5) is 0 Å². The number of carboxylic acid groups (broad SMARTS) is 1. The first kappa shape index (κ1) is 23.1. The van der Waals surface area contributed by atoms with Gasteiger partial charge in [-0.15, -0.1) is 0 Å². The maximum atomic E-state index is 12.0. The average molecular weight is 376 g/mol. The van der Waals surface area contributed by atoms with Crippen molar-refractivity contribution < 1.29 is 24.9 Å². The minimum absolute atomic E-state index is 0.0852. The highest BCUT2D eigenvalue weighted by molar-refractivity contribution is 5.84. The van der Waals surface area contributed by atoms with Crippen molar-refractivity contribution in [2.24, 2.45) is 11.8 Å². The summed E-state index contributed by atoms with van der Waals surface area (Å²) in [6.07, 6.45) is 17.2. The lowest BCUT2D eigenvalue weighted by molar-refractivity contribution is -0.136. The highest BCUT2D eigenvalue weighted by Gasteiger charge is 2.39. The second kappa shape index (κ2) is 13.2. The van der Waals surface area contributed by atoms with E-state index in [-0.39, 0.29) is 30.5 Å². The summed E-state index contributed by atoms with van der Waals surface area (Å²) in [6.45, 7) is 2.04. The molecule has 1 saturated carbocycles. The fraction of sp³-hybridized carbons (Fsp3) is 0.545. The van der Waals surface area contributed by atoms with Crippen LogP contribution >= 0.6 is 0 Å². The van der Waals surface area contributed by atoms with Crippen molar-refractivity contribution in [1.29, 1.82) is 0 Å². The summed E-state index contributed by atoms with van der Waals surface area (Å²) in [5.74, 6) is -1.17. The Bertz CT molecular complexity index is 573. The predicted octanol–water partition coefficient (Wildman–Crippen LogP) is 3.58. The lowest BCUT2D eigenvalue weighted by Gasteiger charge is -2.16. The Morgan fingerprint density at radius 2 is 1.93 bits per heavy atom. The highest BCUT2D eigenvalue weighted by atomic mass is 16.4. The van der Waals surface area contributed by atoms with Gasteiger partial charge in [-0.05, 0) is 32.1 Å². The zero-order chi connectivity index (χ0) is 20.1. The van der Waals surface area contributed by atoms with E-state index in [1.807, 2.05) is 43.4 Å². The Balaban J connectivity index is 2.40. The van der Waals surface area contributed by atoms with Gasteiger partial charge in [-0.2, -0.15) is 0 Å². The molecule has 0 heterocycles. The maximum Gasteiger partial charge on any atom is 0.303 e. The first-order chi connectivity index (χ1) is 13.0. The van der Waals surface area contributed by atoms with Crippen molar-refractivity contribution in [2.45, 2.75) is 64.1 Å². The van der Waals surface area contributed by atoms with Crippen LogP contribution in [-0.4, -0.2) is 39.3 Å². The molecule has 3 N–H and O–H groups in total. The summed E-state index contributed by atoms with van der Waals surface area (Å²) in [5.41, 5.74) is 0. The molecule has 4 atom stereocenters. The summed E-state index contributed by atoms with van der Waals surface area (Å²) in [4.78, 5) is 22.4. The van der Waals surface area contributed by atoms with Crippen molar-refractivity contribution in [3.8, 4) is 0 Å². The second-order valence-electron chi connectivity index (χ2n) is 6.84. The van der Waals surface area contributed by atoms with Gasteiger partial charge in [-0.1, -0.05) is 55.5 Å². The molecular formula is C22H32O5. The highest BCUT2D eigenvalue weighted by Crippen LogP contribution is 2.33. The number of rotatable bonds is 12. The lowest BCUT2D eigenvalue weighted by atomic mass is 9.90. The molecular weight excluding hydrogens is 344 g/mol. The minimum Gasteiger partial charge on any atom is -0.481 e. The van der Waals surface area contributed by atoms with Crippen LogP contribution in [0, 0.1) is 11.8 Å². The van der Waals surface area contributed by atoms with E-state index in [0.29, 0.717) is 25.7 Å². The van der Waals surface area contributed by atoms with Crippen LogP contribution in [0.25, 0.3) is 0 Å². The fourth-order valence-electron chi connectivity index (χ4n) is 3.10. The van der Waals surface area contributed by atoms with Crippen LogP contribution in [0.3, 0.4) is 0 Å². The van der Waals surface area contributed by atoms with Gasteiger partial charge in [0.1, 0.15) is 5.78 Å². The Morgan fingerprint density at radius 3 is 2.63 bits per heavy atom. The quantitative estimate of drug-likeness (QED) is 0.453. The number of hydrogen-bond donors (Lipinski definition) is 3. The molecule has 0 unspecified atom stereocenters. The van der Waals surface area contributed by atoms with E-state index in [0.717, 1.165) is 6.42 Å². The number of ketones is 1. The lowest BCUT2D eigenvalue weighted by Crippen LogP contribution is -2.18. The molecule has 0 radical (unpaired) electrons. The largest absolute Gasteiger partial charge is 0.481 e. The number of carboxylic acids is 1. The summed E-state index contributed by atoms with van der Waals surface area (Å²) in [5, 5.41) is 28.7. The van der Waals surface area contributed by atoms with E-state index in [4.69, 9.17) is 5.11 Å². The molecule has 0 amide bonds. The van der Waals surface area contributed by atoms with Crippen LogP contribution in [0.2, 0.25) is 0 Å². The molecule has 0 bridgehead atoms. The molecule has 1 rings (SSSR count). The normalized spacial score (nSPS) is 24.9. The number of aliphatic hydroxyl groups excluding tert-OH is 2. The molecule has 27 heavy (non-hydrogen) atoms. The van der Waals surface area contributed by atoms with Crippen LogP contribution in [0.15, 0.2) is 48.6 Å². The first-order valence-corrected chi connectivity index (χ1v) is 9.69. The van der Waals surface area contributed by atoms with Crippen LogP contribution in [-0.2, 0) is 9.59 Å². The topological polar surface area (TPSA) is 94.8 Å². The van der Waals surface area contributed by atoms with Crippen LogP contribution in [0.5, 0.6) is 0 Å². The molecule has 0 saturated heterocycles. The molecule has 150 valence electrons. The zero-order valence-electron chi connectivity index (χ0n) is 16.0. The number of hydrogen-bond acceptors (Lipinski definition) is 4. The van der Waals surface area contributed by atoms with Crippen molar-refractivity contribution in [2.75, 3.05) is 0 Å². The van der Waals surface area contributed by atoms with E-state index in [1.54, 1.807) is 12.2 Å². The molecule has 1 fully saturated rings. The van der Waals surface area contributed by atoms with Gasteiger partial charge in [0.15, 0.2) is 0 Å². The third-order valence-electron chi connectivity index (χ3n) is 4.59. The monoisotopic (exact) mass is 376 g/mol. The number of carbonyl (C=O) groups excluding carboxylic acids is 1. The second-order valence-corrected chi connectivity index (χ2v) is 6.84. The summed E-state index contributed by atoms with van der Waals surface area (Å²) in [7, 11) is 0. The summed E-state index contributed by atoms with van der Waals surface area (Å²) in [6, 6.07) is 0. The van der Waals surface area contributed by atoms with E-state index in [9.17, 15) is 19.8 Å². The molecule has 0 aromatic carbocycles. The number of carbonyl (C=O) groups is 2. The van der Waals surface area contributed by atoms with Crippen molar-refractivity contribution >= 4 is 11.8 Å². The van der Waals surface area contributed by atoms with Gasteiger partial charge in [-0.3, -0.25) is 9.59 Å².